The highest BCUT2D eigenvalue weighted by Crippen LogP contribution is 2.40. The molecule has 1 aliphatic carbocycles. The summed E-state index contributed by atoms with van der Waals surface area (Å²) in [5, 5.41) is 0. The van der Waals surface area contributed by atoms with Crippen molar-refractivity contribution in [3.05, 3.63) is 0 Å². The van der Waals surface area contributed by atoms with Crippen molar-refractivity contribution in [3.63, 3.8) is 0 Å². The van der Waals surface area contributed by atoms with Gasteiger partial charge in [-0.2, -0.15) is 16.8 Å². The molecular formula is C12H22O8S2. The van der Waals surface area contributed by atoms with Crippen LogP contribution in [0.2, 0.25) is 0 Å². The van der Waals surface area contributed by atoms with Gasteiger partial charge in [-0.3, -0.25) is 8.37 Å². The van der Waals surface area contributed by atoms with E-state index in [1.54, 1.807) is 0 Å². The van der Waals surface area contributed by atoms with Gasteiger partial charge in [0.2, 0.25) is 0 Å². The molecule has 2 atom stereocenters. The highest BCUT2D eigenvalue weighted by molar-refractivity contribution is 7.86. The summed E-state index contributed by atoms with van der Waals surface area (Å²) in [6.07, 6.45) is 4.88. The van der Waals surface area contributed by atoms with Crippen LogP contribution in [0.3, 0.4) is 0 Å². The van der Waals surface area contributed by atoms with Gasteiger partial charge >= 0.3 is 0 Å². The minimum Gasteiger partial charge on any atom is -0.341 e. The van der Waals surface area contributed by atoms with Gasteiger partial charge in [-0.1, -0.05) is 6.42 Å². The molecule has 8 nitrogen and oxygen atoms in total. The minimum absolute atomic E-state index is 0.224. The van der Waals surface area contributed by atoms with Crippen LogP contribution < -0.4 is 0 Å². The van der Waals surface area contributed by atoms with E-state index in [4.69, 9.17) is 17.8 Å². The summed E-state index contributed by atoms with van der Waals surface area (Å²) in [5.41, 5.74) is 0. The molecule has 0 unspecified atom stereocenters. The summed E-state index contributed by atoms with van der Waals surface area (Å²) in [5.74, 6) is -0.782. The van der Waals surface area contributed by atoms with Crippen molar-refractivity contribution in [2.24, 2.45) is 0 Å². The van der Waals surface area contributed by atoms with Crippen LogP contribution in [0.5, 0.6) is 0 Å². The van der Waals surface area contributed by atoms with Crippen molar-refractivity contribution in [1.29, 1.82) is 0 Å². The standard InChI is InChI=1S/C12H22O8S2/c1-21(13,14)17-8-10-11(9-18-22(2,15)16)20-12(19-10)6-4-3-5-7-12/h10-11H,3-9H2,1-2H3/t10-,11-/m0/s1. The Balaban J connectivity index is 2.04. The molecule has 1 saturated heterocycles. The molecule has 0 aromatic carbocycles. The van der Waals surface area contributed by atoms with Gasteiger partial charge in [-0.25, -0.2) is 0 Å². The Kier molecular flexibility index (Phi) is 5.50. The van der Waals surface area contributed by atoms with E-state index in [2.05, 4.69) is 0 Å². The number of ether oxygens (including phenoxy) is 2. The number of hydrogen-bond donors (Lipinski definition) is 0. The molecule has 2 aliphatic rings. The largest absolute Gasteiger partial charge is 0.341 e. The molecule has 1 heterocycles. The zero-order valence-electron chi connectivity index (χ0n) is 12.7. The van der Waals surface area contributed by atoms with Gasteiger partial charge in [-0.05, 0) is 12.8 Å². The van der Waals surface area contributed by atoms with Crippen molar-refractivity contribution in [2.75, 3.05) is 25.7 Å². The van der Waals surface area contributed by atoms with Gasteiger partial charge in [0, 0.05) is 12.8 Å². The van der Waals surface area contributed by atoms with Gasteiger partial charge < -0.3 is 9.47 Å². The molecule has 0 aromatic heterocycles. The summed E-state index contributed by atoms with van der Waals surface area (Å²) >= 11 is 0. The van der Waals surface area contributed by atoms with Crippen molar-refractivity contribution in [3.8, 4) is 0 Å². The molecule has 0 bridgehead atoms. The molecule has 0 amide bonds. The zero-order chi connectivity index (χ0) is 16.4. The number of rotatable bonds is 6. The molecule has 1 saturated carbocycles. The van der Waals surface area contributed by atoms with Crippen molar-refractivity contribution < 1.29 is 34.7 Å². The average molecular weight is 358 g/mol. The average Bonchev–Trinajstić information content (AvgIpc) is 2.71. The Labute approximate surface area is 131 Å². The lowest BCUT2D eigenvalue weighted by molar-refractivity contribution is -0.196. The first kappa shape index (κ1) is 18.1. The zero-order valence-corrected chi connectivity index (χ0v) is 14.3. The molecule has 130 valence electrons. The predicted molar refractivity (Wildman–Crippen MR) is 77.2 cm³/mol. The Hall–Kier alpha value is -0.260. The highest BCUT2D eigenvalue weighted by Gasteiger charge is 2.48. The van der Waals surface area contributed by atoms with Gasteiger partial charge in [0.15, 0.2) is 5.79 Å². The molecule has 2 rings (SSSR count). The molecule has 1 spiro atoms. The monoisotopic (exact) mass is 358 g/mol. The van der Waals surface area contributed by atoms with Crippen molar-refractivity contribution in [1.82, 2.24) is 0 Å². The molecule has 0 radical (unpaired) electrons. The van der Waals surface area contributed by atoms with Crippen LogP contribution in [0, 0.1) is 0 Å². The first-order chi connectivity index (χ1) is 10.1. The SMILES string of the molecule is CS(=O)(=O)OC[C@@H]1OC2(CCCCC2)O[C@H]1COS(C)(=O)=O. The maximum absolute atomic E-state index is 11.1. The predicted octanol–water partition coefficient (Wildman–Crippen LogP) is 0.383. The molecule has 0 aromatic rings. The minimum atomic E-state index is -3.62. The summed E-state index contributed by atoms with van der Waals surface area (Å²) in [7, 11) is -7.23. The van der Waals surface area contributed by atoms with Crippen molar-refractivity contribution >= 4 is 20.2 Å². The summed E-state index contributed by atoms with van der Waals surface area (Å²) < 4.78 is 65.8. The lowest BCUT2D eigenvalue weighted by atomic mass is 9.94. The lowest BCUT2D eigenvalue weighted by Crippen LogP contribution is -2.34. The fraction of sp³-hybridized carbons (Fsp3) is 1.00. The van der Waals surface area contributed by atoms with Crippen LogP contribution in [-0.4, -0.2) is 60.6 Å². The molecule has 10 heteroatoms. The third-order valence-electron chi connectivity index (χ3n) is 3.66. The maximum Gasteiger partial charge on any atom is 0.264 e. The van der Waals surface area contributed by atoms with E-state index in [1.807, 2.05) is 0 Å². The molecule has 2 fully saturated rings. The third-order valence-corrected chi connectivity index (χ3v) is 4.78. The van der Waals surface area contributed by atoms with E-state index in [1.165, 1.54) is 0 Å². The van der Waals surface area contributed by atoms with E-state index < -0.39 is 38.2 Å². The Morgan fingerprint density at radius 3 is 1.64 bits per heavy atom. The lowest BCUT2D eigenvalue weighted by Gasteiger charge is -2.31. The number of hydrogen-bond acceptors (Lipinski definition) is 8. The highest BCUT2D eigenvalue weighted by atomic mass is 32.2. The van der Waals surface area contributed by atoms with E-state index in [-0.39, 0.29) is 13.2 Å². The van der Waals surface area contributed by atoms with Gasteiger partial charge in [-0.15, -0.1) is 0 Å². The summed E-state index contributed by atoms with van der Waals surface area (Å²) in [6.45, 7) is -0.448. The van der Waals surface area contributed by atoms with Crippen LogP contribution >= 0.6 is 0 Å². The topological polar surface area (TPSA) is 105 Å². The Morgan fingerprint density at radius 1 is 0.864 bits per heavy atom. The first-order valence-electron chi connectivity index (χ1n) is 7.13. The smallest absolute Gasteiger partial charge is 0.264 e. The van der Waals surface area contributed by atoms with Gasteiger partial charge in [0.25, 0.3) is 20.2 Å². The molecule has 0 N–H and O–H groups in total. The fourth-order valence-corrected chi connectivity index (χ4v) is 3.48. The van der Waals surface area contributed by atoms with Crippen LogP contribution in [0.15, 0.2) is 0 Å². The van der Waals surface area contributed by atoms with Crippen LogP contribution in [0.1, 0.15) is 32.1 Å². The Morgan fingerprint density at radius 2 is 1.27 bits per heavy atom. The van der Waals surface area contributed by atoms with Crippen LogP contribution in [0.4, 0.5) is 0 Å². The van der Waals surface area contributed by atoms with Crippen LogP contribution in [0.25, 0.3) is 0 Å². The van der Waals surface area contributed by atoms with E-state index in [9.17, 15) is 16.8 Å². The maximum atomic E-state index is 11.1. The summed E-state index contributed by atoms with van der Waals surface area (Å²) in [4.78, 5) is 0. The molecular weight excluding hydrogens is 336 g/mol. The second-order valence-corrected chi connectivity index (χ2v) is 9.05. The fourth-order valence-electron chi connectivity index (χ4n) is 2.72. The van der Waals surface area contributed by atoms with Gasteiger partial charge in [0.05, 0.1) is 25.7 Å². The van der Waals surface area contributed by atoms with E-state index >= 15 is 0 Å². The second-order valence-electron chi connectivity index (χ2n) is 5.76. The quantitative estimate of drug-likeness (QED) is 0.628. The molecule has 1 aliphatic heterocycles. The third kappa shape index (κ3) is 5.43. The molecule has 22 heavy (non-hydrogen) atoms. The first-order valence-corrected chi connectivity index (χ1v) is 10.8. The normalized spacial score (nSPS) is 29.0. The van der Waals surface area contributed by atoms with Crippen LogP contribution in [-0.2, 0) is 38.1 Å². The van der Waals surface area contributed by atoms with Gasteiger partial charge in [0.1, 0.15) is 12.2 Å². The summed E-state index contributed by atoms with van der Waals surface area (Å²) in [6, 6.07) is 0. The second kappa shape index (κ2) is 6.70. The van der Waals surface area contributed by atoms with E-state index in [0.717, 1.165) is 31.8 Å². The Bertz CT molecular complexity index is 530. The van der Waals surface area contributed by atoms with E-state index in [0.29, 0.717) is 12.8 Å². The van der Waals surface area contributed by atoms with Crippen molar-refractivity contribution in [2.45, 2.75) is 50.1 Å².